The van der Waals surface area contributed by atoms with Crippen molar-refractivity contribution in [2.75, 3.05) is 0 Å². The van der Waals surface area contributed by atoms with Gasteiger partial charge in [-0.25, -0.2) is 4.79 Å². The van der Waals surface area contributed by atoms with Gasteiger partial charge in [0, 0.05) is 12.1 Å². The molecule has 3 nitrogen and oxygen atoms in total. The molecular formula is C17H25NO2. The lowest BCUT2D eigenvalue weighted by Crippen LogP contribution is -2.34. The van der Waals surface area contributed by atoms with E-state index >= 15 is 0 Å². The number of ether oxygens (including phenoxy) is 1. The van der Waals surface area contributed by atoms with Crippen LogP contribution in [0.25, 0.3) is 0 Å². The standard InChI is InChI=1S/C17H25NO2/c1-12-7-5-10-15(18-12)13-8-6-9-14(11-13)16(19)20-17(2,3)4/h6,8-9,11-12,15,18H,5,7,10H2,1-4H3. The Morgan fingerprint density at radius 1 is 1.30 bits per heavy atom. The molecule has 1 aromatic carbocycles. The fraction of sp³-hybridized carbons (Fsp3) is 0.588. The molecule has 0 bridgehead atoms. The molecule has 2 rings (SSSR count). The van der Waals surface area contributed by atoms with E-state index in [2.05, 4.69) is 18.3 Å². The number of piperidine rings is 1. The first kappa shape index (κ1) is 15.0. The smallest absolute Gasteiger partial charge is 0.338 e. The largest absolute Gasteiger partial charge is 0.456 e. The Kier molecular flexibility index (Phi) is 4.48. The Labute approximate surface area is 121 Å². The number of rotatable bonds is 2. The first-order valence-corrected chi connectivity index (χ1v) is 7.44. The van der Waals surface area contributed by atoms with Crippen molar-refractivity contribution >= 4 is 5.97 Å². The van der Waals surface area contributed by atoms with Gasteiger partial charge in [0.1, 0.15) is 5.60 Å². The predicted octanol–water partition coefficient (Wildman–Crippen LogP) is 3.85. The lowest BCUT2D eigenvalue weighted by molar-refractivity contribution is 0.00694. The molecule has 0 amide bonds. The van der Waals surface area contributed by atoms with Gasteiger partial charge in [-0.2, -0.15) is 0 Å². The van der Waals surface area contributed by atoms with Crippen molar-refractivity contribution in [2.24, 2.45) is 0 Å². The van der Waals surface area contributed by atoms with Gasteiger partial charge in [0.05, 0.1) is 5.56 Å². The second-order valence-corrected chi connectivity index (χ2v) is 6.68. The van der Waals surface area contributed by atoms with E-state index in [9.17, 15) is 4.79 Å². The van der Waals surface area contributed by atoms with Crippen LogP contribution in [0.5, 0.6) is 0 Å². The molecule has 0 aliphatic carbocycles. The SMILES string of the molecule is CC1CCCC(c2cccc(C(=O)OC(C)(C)C)c2)N1. The number of hydrogen-bond acceptors (Lipinski definition) is 3. The van der Waals surface area contributed by atoms with E-state index in [1.807, 2.05) is 39.0 Å². The number of nitrogens with one attached hydrogen (secondary N) is 1. The Bertz CT molecular complexity index is 476. The summed E-state index contributed by atoms with van der Waals surface area (Å²) in [7, 11) is 0. The molecular weight excluding hydrogens is 250 g/mol. The number of benzene rings is 1. The third kappa shape index (κ3) is 4.07. The quantitative estimate of drug-likeness (QED) is 0.833. The molecule has 0 spiro atoms. The molecule has 1 N–H and O–H groups in total. The Morgan fingerprint density at radius 2 is 2.05 bits per heavy atom. The predicted molar refractivity (Wildman–Crippen MR) is 80.8 cm³/mol. The number of carbonyl (C=O) groups is 1. The van der Waals surface area contributed by atoms with Crippen LogP contribution in [0, 0.1) is 0 Å². The average molecular weight is 275 g/mol. The number of hydrogen-bond donors (Lipinski definition) is 1. The molecule has 1 aliphatic heterocycles. The van der Waals surface area contributed by atoms with Gasteiger partial charge in [0.15, 0.2) is 0 Å². The van der Waals surface area contributed by atoms with E-state index in [0.717, 1.165) is 6.42 Å². The minimum atomic E-state index is -0.454. The van der Waals surface area contributed by atoms with Gasteiger partial charge >= 0.3 is 5.97 Å². The molecule has 1 aliphatic rings. The molecule has 3 heteroatoms. The van der Waals surface area contributed by atoms with Crippen LogP contribution in [0.3, 0.4) is 0 Å². The molecule has 1 fully saturated rings. The van der Waals surface area contributed by atoms with Crippen molar-refractivity contribution in [3.05, 3.63) is 35.4 Å². The summed E-state index contributed by atoms with van der Waals surface area (Å²) in [6, 6.07) is 8.70. The van der Waals surface area contributed by atoms with Crippen LogP contribution < -0.4 is 5.32 Å². The van der Waals surface area contributed by atoms with Gasteiger partial charge in [-0.15, -0.1) is 0 Å². The van der Waals surface area contributed by atoms with E-state index in [1.165, 1.54) is 18.4 Å². The third-order valence-electron chi connectivity index (χ3n) is 3.54. The van der Waals surface area contributed by atoms with Gasteiger partial charge in [-0.1, -0.05) is 18.6 Å². The summed E-state index contributed by atoms with van der Waals surface area (Å²) in [5.74, 6) is -0.247. The zero-order valence-electron chi connectivity index (χ0n) is 12.9. The molecule has 2 unspecified atom stereocenters. The van der Waals surface area contributed by atoms with Crippen molar-refractivity contribution in [3.63, 3.8) is 0 Å². The number of carbonyl (C=O) groups excluding carboxylic acids is 1. The zero-order valence-corrected chi connectivity index (χ0v) is 12.9. The second-order valence-electron chi connectivity index (χ2n) is 6.68. The summed E-state index contributed by atoms with van der Waals surface area (Å²) in [6.45, 7) is 7.88. The van der Waals surface area contributed by atoms with Gasteiger partial charge in [-0.3, -0.25) is 0 Å². The van der Waals surface area contributed by atoms with Crippen molar-refractivity contribution in [1.82, 2.24) is 5.32 Å². The van der Waals surface area contributed by atoms with Crippen molar-refractivity contribution in [3.8, 4) is 0 Å². The first-order chi connectivity index (χ1) is 9.35. The van der Waals surface area contributed by atoms with Crippen molar-refractivity contribution in [1.29, 1.82) is 0 Å². The molecule has 1 aromatic rings. The van der Waals surface area contributed by atoms with Crippen LogP contribution in [0.15, 0.2) is 24.3 Å². The van der Waals surface area contributed by atoms with E-state index in [0.29, 0.717) is 17.6 Å². The van der Waals surface area contributed by atoms with Gasteiger partial charge < -0.3 is 10.1 Å². The Hall–Kier alpha value is -1.35. The van der Waals surface area contributed by atoms with Crippen molar-refractivity contribution < 1.29 is 9.53 Å². The highest BCUT2D eigenvalue weighted by atomic mass is 16.6. The van der Waals surface area contributed by atoms with E-state index in [4.69, 9.17) is 4.74 Å². The van der Waals surface area contributed by atoms with Gasteiger partial charge in [-0.05, 0) is 58.2 Å². The van der Waals surface area contributed by atoms with Crippen LogP contribution in [0.4, 0.5) is 0 Å². The highest BCUT2D eigenvalue weighted by Gasteiger charge is 2.22. The molecule has 2 atom stereocenters. The fourth-order valence-corrected chi connectivity index (χ4v) is 2.62. The lowest BCUT2D eigenvalue weighted by Gasteiger charge is -2.29. The molecule has 1 heterocycles. The third-order valence-corrected chi connectivity index (χ3v) is 3.54. The summed E-state index contributed by atoms with van der Waals surface area (Å²) in [6.07, 6.45) is 3.58. The van der Waals surface area contributed by atoms with Gasteiger partial charge in [0.2, 0.25) is 0 Å². The van der Waals surface area contributed by atoms with Crippen LogP contribution in [-0.4, -0.2) is 17.6 Å². The maximum atomic E-state index is 12.1. The normalized spacial score (nSPS) is 23.4. The molecule has 20 heavy (non-hydrogen) atoms. The summed E-state index contributed by atoms with van der Waals surface area (Å²) < 4.78 is 5.43. The van der Waals surface area contributed by atoms with E-state index in [1.54, 1.807) is 0 Å². The van der Waals surface area contributed by atoms with E-state index < -0.39 is 5.60 Å². The lowest BCUT2D eigenvalue weighted by atomic mass is 9.93. The first-order valence-electron chi connectivity index (χ1n) is 7.44. The van der Waals surface area contributed by atoms with Crippen molar-refractivity contribution in [2.45, 2.75) is 64.6 Å². The molecule has 0 aromatic heterocycles. The summed E-state index contributed by atoms with van der Waals surface area (Å²) >= 11 is 0. The average Bonchev–Trinajstić information content (AvgIpc) is 2.37. The minimum Gasteiger partial charge on any atom is -0.456 e. The van der Waals surface area contributed by atoms with Crippen LogP contribution in [0.1, 0.15) is 68.9 Å². The highest BCUT2D eigenvalue weighted by Crippen LogP contribution is 2.26. The molecule has 110 valence electrons. The monoisotopic (exact) mass is 275 g/mol. The number of esters is 1. The highest BCUT2D eigenvalue weighted by molar-refractivity contribution is 5.89. The molecule has 1 saturated heterocycles. The van der Waals surface area contributed by atoms with Crippen LogP contribution >= 0.6 is 0 Å². The zero-order chi connectivity index (χ0) is 14.8. The molecule has 0 saturated carbocycles. The summed E-state index contributed by atoms with van der Waals surface area (Å²) in [5.41, 5.74) is 1.36. The maximum Gasteiger partial charge on any atom is 0.338 e. The Balaban J connectivity index is 2.13. The summed E-state index contributed by atoms with van der Waals surface area (Å²) in [5, 5.41) is 3.59. The Morgan fingerprint density at radius 3 is 2.70 bits per heavy atom. The fourth-order valence-electron chi connectivity index (χ4n) is 2.62. The van der Waals surface area contributed by atoms with Crippen LogP contribution in [-0.2, 0) is 4.74 Å². The minimum absolute atomic E-state index is 0.247. The molecule has 0 radical (unpaired) electrons. The summed E-state index contributed by atoms with van der Waals surface area (Å²) in [4.78, 5) is 12.1. The van der Waals surface area contributed by atoms with E-state index in [-0.39, 0.29) is 5.97 Å². The second kappa shape index (κ2) is 5.96. The van der Waals surface area contributed by atoms with Crippen LogP contribution in [0.2, 0.25) is 0 Å². The van der Waals surface area contributed by atoms with Gasteiger partial charge in [0.25, 0.3) is 0 Å². The topological polar surface area (TPSA) is 38.3 Å². The maximum absolute atomic E-state index is 12.1.